The standard InChI is InChI=1S/C12H22OSSi/c1-4-9-13-15(2,3)11-6-8-12-7-5-10-14-12/h5,7,10H,4,6,8-9,11H2,1-3H3. The summed E-state index contributed by atoms with van der Waals surface area (Å²) in [4.78, 5) is 1.51. The Bertz CT molecular complexity index is 257. The van der Waals surface area contributed by atoms with Gasteiger partial charge in [0.15, 0.2) is 8.32 Å². The molecule has 86 valence electrons. The van der Waals surface area contributed by atoms with Crippen molar-refractivity contribution < 1.29 is 4.43 Å². The predicted molar refractivity (Wildman–Crippen MR) is 71.2 cm³/mol. The monoisotopic (exact) mass is 242 g/mol. The molecule has 0 aromatic carbocycles. The second kappa shape index (κ2) is 6.46. The molecule has 1 nitrogen and oxygen atoms in total. The average molecular weight is 242 g/mol. The number of rotatable bonds is 7. The molecular weight excluding hydrogens is 220 g/mol. The van der Waals surface area contributed by atoms with Crippen molar-refractivity contribution in [1.29, 1.82) is 0 Å². The molecule has 0 spiro atoms. The number of thiophene rings is 1. The minimum absolute atomic E-state index is 0.943. The quantitative estimate of drug-likeness (QED) is 0.647. The van der Waals surface area contributed by atoms with Crippen LogP contribution in [0.2, 0.25) is 19.1 Å². The summed E-state index contributed by atoms with van der Waals surface area (Å²) in [5, 5.41) is 2.16. The molecule has 1 rings (SSSR count). The Kier molecular flexibility index (Phi) is 5.57. The van der Waals surface area contributed by atoms with Gasteiger partial charge in [0.1, 0.15) is 0 Å². The van der Waals surface area contributed by atoms with Crippen LogP contribution in [0, 0.1) is 0 Å². The second-order valence-corrected chi connectivity index (χ2v) is 9.88. The first-order valence-corrected chi connectivity index (χ1v) is 9.80. The third kappa shape index (κ3) is 5.49. The summed E-state index contributed by atoms with van der Waals surface area (Å²) in [6.07, 6.45) is 3.65. The molecule has 15 heavy (non-hydrogen) atoms. The summed E-state index contributed by atoms with van der Waals surface area (Å²) in [6.45, 7) is 7.78. The lowest BCUT2D eigenvalue weighted by atomic mass is 10.3. The summed E-state index contributed by atoms with van der Waals surface area (Å²) < 4.78 is 5.94. The van der Waals surface area contributed by atoms with Gasteiger partial charge >= 0.3 is 0 Å². The summed E-state index contributed by atoms with van der Waals surface area (Å²) in [7, 11) is -1.35. The van der Waals surface area contributed by atoms with Crippen LogP contribution in [0.4, 0.5) is 0 Å². The van der Waals surface area contributed by atoms with Crippen LogP contribution in [0.5, 0.6) is 0 Å². The van der Waals surface area contributed by atoms with Gasteiger partial charge in [0.25, 0.3) is 0 Å². The highest BCUT2D eigenvalue weighted by Crippen LogP contribution is 2.18. The molecule has 0 saturated heterocycles. The highest BCUT2D eigenvalue weighted by Gasteiger charge is 2.21. The molecular formula is C12H22OSSi. The van der Waals surface area contributed by atoms with Crippen LogP contribution in [0.15, 0.2) is 17.5 Å². The Morgan fingerprint density at radius 3 is 2.80 bits per heavy atom. The van der Waals surface area contributed by atoms with E-state index in [4.69, 9.17) is 4.43 Å². The molecule has 0 N–H and O–H groups in total. The van der Waals surface area contributed by atoms with Crippen molar-refractivity contribution in [3.63, 3.8) is 0 Å². The minimum Gasteiger partial charge on any atom is -0.417 e. The fraction of sp³-hybridized carbons (Fsp3) is 0.667. The van der Waals surface area contributed by atoms with Gasteiger partial charge in [-0.25, -0.2) is 0 Å². The number of hydrogen-bond donors (Lipinski definition) is 0. The van der Waals surface area contributed by atoms with Crippen LogP contribution in [-0.2, 0) is 10.8 Å². The summed E-state index contributed by atoms with van der Waals surface area (Å²) in [6, 6.07) is 5.65. The lowest BCUT2D eigenvalue weighted by Gasteiger charge is -2.22. The lowest BCUT2D eigenvalue weighted by Crippen LogP contribution is -2.30. The third-order valence-electron chi connectivity index (χ3n) is 2.48. The molecule has 0 amide bonds. The Balaban J connectivity index is 2.18. The van der Waals surface area contributed by atoms with E-state index in [2.05, 4.69) is 37.5 Å². The molecule has 0 saturated carbocycles. The zero-order chi connectivity index (χ0) is 11.1. The Labute approximate surface area is 98.6 Å². The van der Waals surface area contributed by atoms with Crippen LogP contribution >= 0.6 is 11.3 Å². The minimum atomic E-state index is -1.35. The molecule has 3 heteroatoms. The molecule has 0 aliphatic carbocycles. The smallest absolute Gasteiger partial charge is 0.186 e. The van der Waals surface area contributed by atoms with E-state index in [1.165, 1.54) is 23.8 Å². The Morgan fingerprint density at radius 1 is 1.40 bits per heavy atom. The molecule has 0 radical (unpaired) electrons. The van der Waals surface area contributed by atoms with Crippen molar-refractivity contribution in [1.82, 2.24) is 0 Å². The lowest BCUT2D eigenvalue weighted by molar-refractivity contribution is 0.305. The first-order valence-electron chi connectivity index (χ1n) is 5.80. The van der Waals surface area contributed by atoms with Crippen molar-refractivity contribution in [2.24, 2.45) is 0 Å². The van der Waals surface area contributed by atoms with Crippen LogP contribution in [0.1, 0.15) is 24.6 Å². The van der Waals surface area contributed by atoms with Crippen LogP contribution < -0.4 is 0 Å². The molecule has 1 heterocycles. The van der Waals surface area contributed by atoms with Crippen molar-refractivity contribution in [3.8, 4) is 0 Å². The van der Waals surface area contributed by atoms with Gasteiger partial charge in [-0.1, -0.05) is 13.0 Å². The molecule has 0 atom stereocenters. The first-order chi connectivity index (χ1) is 7.14. The second-order valence-electron chi connectivity index (χ2n) is 4.54. The molecule has 0 unspecified atom stereocenters. The third-order valence-corrected chi connectivity index (χ3v) is 5.96. The predicted octanol–water partition coefficient (Wildman–Crippen LogP) is 4.31. The van der Waals surface area contributed by atoms with Gasteiger partial charge in [0, 0.05) is 11.5 Å². The SMILES string of the molecule is CCCO[Si](C)(C)CCCc1cccs1. The maximum Gasteiger partial charge on any atom is 0.186 e. The summed E-state index contributed by atoms with van der Waals surface area (Å²) in [5.74, 6) is 0. The molecule has 0 aliphatic heterocycles. The Morgan fingerprint density at radius 2 is 2.20 bits per heavy atom. The average Bonchev–Trinajstić information content (AvgIpc) is 2.67. The van der Waals surface area contributed by atoms with Gasteiger partial charge in [-0.2, -0.15) is 0 Å². The number of aryl methyl sites for hydroxylation is 1. The van der Waals surface area contributed by atoms with Crippen molar-refractivity contribution >= 4 is 19.7 Å². The zero-order valence-electron chi connectivity index (χ0n) is 10.1. The molecule has 1 aromatic rings. The highest BCUT2D eigenvalue weighted by molar-refractivity contribution is 7.09. The van der Waals surface area contributed by atoms with E-state index in [0.29, 0.717) is 0 Å². The molecule has 0 aliphatic rings. The molecule has 1 aromatic heterocycles. The van der Waals surface area contributed by atoms with Crippen LogP contribution in [0.25, 0.3) is 0 Å². The van der Waals surface area contributed by atoms with Gasteiger partial charge in [-0.3, -0.25) is 0 Å². The maximum absolute atomic E-state index is 5.94. The van der Waals surface area contributed by atoms with Gasteiger partial charge in [-0.05, 0) is 49.8 Å². The molecule has 0 fully saturated rings. The van der Waals surface area contributed by atoms with E-state index in [1.54, 1.807) is 0 Å². The topological polar surface area (TPSA) is 9.23 Å². The van der Waals surface area contributed by atoms with E-state index in [0.717, 1.165) is 13.0 Å². The van der Waals surface area contributed by atoms with Crippen molar-refractivity contribution in [2.75, 3.05) is 6.61 Å². The van der Waals surface area contributed by atoms with Crippen molar-refractivity contribution in [2.45, 2.75) is 45.3 Å². The van der Waals surface area contributed by atoms with E-state index in [1.807, 2.05) is 11.3 Å². The largest absolute Gasteiger partial charge is 0.417 e. The van der Waals surface area contributed by atoms with Gasteiger partial charge in [0.2, 0.25) is 0 Å². The van der Waals surface area contributed by atoms with E-state index < -0.39 is 8.32 Å². The van der Waals surface area contributed by atoms with Crippen LogP contribution in [-0.4, -0.2) is 14.9 Å². The Hall–Kier alpha value is -0.123. The van der Waals surface area contributed by atoms with Crippen LogP contribution in [0.3, 0.4) is 0 Å². The normalized spacial score (nSPS) is 11.9. The fourth-order valence-corrected chi connectivity index (χ4v) is 4.27. The zero-order valence-corrected chi connectivity index (χ0v) is 11.9. The summed E-state index contributed by atoms with van der Waals surface area (Å²) in [5.41, 5.74) is 0. The van der Waals surface area contributed by atoms with Crippen molar-refractivity contribution in [3.05, 3.63) is 22.4 Å². The fourth-order valence-electron chi connectivity index (χ4n) is 1.59. The highest BCUT2D eigenvalue weighted by atomic mass is 32.1. The van der Waals surface area contributed by atoms with Gasteiger partial charge in [-0.15, -0.1) is 11.3 Å². The number of hydrogen-bond acceptors (Lipinski definition) is 2. The van der Waals surface area contributed by atoms with E-state index in [9.17, 15) is 0 Å². The van der Waals surface area contributed by atoms with Gasteiger partial charge in [0.05, 0.1) is 0 Å². The maximum atomic E-state index is 5.94. The van der Waals surface area contributed by atoms with E-state index >= 15 is 0 Å². The summed E-state index contributed by atoms with van der Waals surface area (Å²) >= 11 is 1.87. The van der Waals surface area contributed by atoms with E-state index in [-0.39, 0.29) is 0 Å². The first kappa shape index (κ1) is 12.9. The molecule has 0 bridgehead atoms. The van der Waals surface area contributed by atoms with Gasteiger partial charge < -0.3 is 4.43 Å².